The second-order valence-corrected chi connectivity index (χ2v) is 4.84. The van der Waals surface area contributed by atoms with Gasteiger partial charge in [-0.25, -0.2) is 0 Å². The lowest BCUT2D eigenvalue weighted by atomic mass is 10.0. The van der Waals surface area contributed by atoms with Gasteiger partial charge in [0.05, 0.1) is 5.57 Å². The monoisotopic (exact) mass is 295 g/mol. The Balaban J connectivity index is 2.38. The summed E-state index contributed by atoms with van der Waals surface area (Å²) in [6.07, 6.45) is 7.03. The normalized spacial score (nSPS) is 14.0. The number of hydrogen-bond donors (Lipinski definition) is 2. The number of aliphatic carboxylic acids is 1. The van der Waals surface area contributed by atoms with Gasteiger partial charge < -0.3 is 15.2 Å². The second-order valence-electron chi connectivity index (χ2n) is 4.84. The summed E-state index contributed by atoms with van der Waals surface area (Å²) in [6.45, 7) is 1.78. The van der Waals surface area contributed by atoms with Gasteiger partial charge in [0.1, 0.15) is 5.76 Å². The number of esters is 1. The summed E-state index contributed by atoms with van der Waals surface area (Å²) in [7, 11) is 0. The van der Waals surface area contributed by atoms with E-state index in [0.29, 0.717) is 30.7 Å². The number of nitrogens with one attached hydrogen (secondary N) is 1. The van der Waals surface area contributed by atoms with Crippen molar-refractivity contribution in [2.24, 2.45) is 0 Å². The highest BCUT2D eigenvalue weighted by Gasteiger charge is 2.18. The highest BCUT2D eigenvalue weighted by atomic mass is 16.5. The Labute approximate surface area is 123 Å². The number of carboxylic acid groups (broad SMARTS) is 1. The molecule has 1 amide bonds. The lowest BCUT2D eigenvalue weighted by Gasteiger charge is -2.15. The van der Waals surface area contributed by atoms with E-state index in [1.54, 1.807) is 6.08 Å². The molecule has 0 unspecified atom stereocenters. The lowest BCUT2D eigenvalue weighted by Crippen LogP contribution is -2.28. The summed E-state index contributed by atoms with van der Waals surface area (Å²) >= 11 is 0. The SMILES string of the molecule is CC(=O)OC1=C(C(=O)NCCCCCC(=O)O)CCC=C1. The summed E-state index contributed by atoms with van der Waals surface area (Å²) in [6, 6.07) is 0. The fraction of sp³-hybridized carbons (Fsp3) is 0.533. The number of carboxylic acids is 1. The first-order valence-electron chi connectivity index (χ1n) is 7.09. The molecule has 0 aromatic rings. The summed E-state index contributed by atoms with van der Waals surface area (Å²) < 4.78 is 5.02. The summed E-state index contributed by atoms with van der Waals surface area (Å²) in [5.74, 6) is -1.16. The van der Waals surface area contributed by atoms with Crippen molar-refractivity contribution in [3.05, 3.63) is 23.5 Å². The molecule has 6 nitrogen and oxygen atoms in total. The maximum Gasteiger partial charge on any atom is 0.308 e. The van der Waals surface area contributed by atoms with Crippen LogP contribution in [0.15, 0.2) is 23.5 Å². The average molecular weight is 295 g/mol. The van der Waals surface area contributed by atoms with Crippen LogP contribution in [0.1, 0.15) is 45.4 Å². The van der Waals surface area contributed by atoms with E-state index >= 15 is 0 Å². The van der Waals surface area contributed by atoms with Crippen LogP contribution in [-0.2, 0) is 19.1 Å². The summed E-state index contributed by atoms with van der Waals surface area (Å²) in [5.41, 5.74) is 0.484. The van der Waals surface area contributed by atoms with Crippen LogP contribution in [0.2, 0.25) is 0 Å². The zero-order chi connectivity index (χ0) is 15.7. The van der Waals surface area contributed by atoms with Crippen molar-refractivity contribution in [2.75, 3.05) is 6.54 Å². The standard InChI is InChI=1S/C15H21NO5/c1-11(17)21-13-8-5-4-7-12(13)15(20)16-10-6-2-3-9-14(18)19/h5,8H,2-4,6-7,9-10H2,1H3,(H,16,20)(H,18,19). The fourth-order valence-electron chi connectivity index (χ4n) is 2.00. The maximum absolute atomic E-state index is 12.0. The van der Waals surface area contributed by atoms with Crippen LogP contribution in [0.25, 0.3) is 0 Å². The molecular weight excluding hydrogens is 274 g/mol. The Morgan fingerprint density at radius 1 is 1.29 bits per heavy atom. The van der Waals surface area contributed by atoms with Crippen LogP contribution >= 0.6 is 0 Å². The predicted octanol–water partition coefficient (Wildman–Crippen LogP) is 1.91. The van der Waals surface area contributed by atoms with Crippen LogP contribution < -0.4 is 5.32 Å². The van der Waals surface area contributed by atoms with Crippen LogP contribution in [0, 0.1) is 0 Å². The molecule has 0 atom stereocenters. The van der Waals surface area contributed by atoms with Crippen molar-refractivity contribution in [1.29, 1.82) is 0 Å². The third-order valence-corrected chi connectivity index (χ3v) is 3.01. The number of rotatable bonds is 8. The van der Waals surface area contributed by atoms with E-state index in [4.69, 9.17) is 9.84 Å². The summed E-state index contributed by atoms with van der Waals surface area (Å²) in [4.78, 5) is 33.4. The number of amides is 1. The van der Waals surface area contributed by atoms with Crippen molar-refractivity contribution >= 4 is 17.8 Å². The van der Waals surface area contributed by atoms with Crippen LogP contribution in [0.3, 0.4) is 0 Å². The van der Waals surface area contributed by atoms with E-state index in [2.05, 4.69) is 5.32 Å². The molecule has 0 aromatic heterocycles. The maximum atomic E-state index is 12.0. The van der Waals surface area contributed by atoms with Gasteiger partial charge in [0.2, 0.25) is 0 Å². The minimum absolute atomic E-state index is 0.153. The number of carbonyl (C=O) groups excluding carboxylic acids is 2. The molecule has 6 heteroatoms. The molecule has 0 radical (unpaired) electrons. The zero-order valence-corrected chi connectivity index (χ0v) is 12.2. The molecule has 0 saturated heterocycles. The Hall–Kier alpha value is -2.11. The van der Waals surface area contributed by atoms with Crippen molar-refractivity contribution in [1.82, 2.24) is 5.32 Å². The number of ether oxygens (including phenoxy) is 1. The van der Waals surface area contributed by atoms with E-state index in [-0.39, 0.29) is 12.3 Å². The lowest BCUT2D eigenvalue weighted by molar-refractivity contribution is -0.138. The Bertz CT molecular complexity index is 465. The minimum atomic E-state index is -0.802. The van der Waals surface area contributed by atoms with Crippen molar-refractivity contribution in [3.63, 3.8) is 0 Å². The van der Waals surface area contributed by atoms with E-state index in [0.717, 1.165) is 19.3 Å². The van der Waals surface area contributed by atoms with Gasteiger partial charge in [0.15, 0.2) is 0 Å². The third kappa shape index (κ3) is 6.74. The molecule has 0 spiro atoms. The Kier molecular flexibility index (Phi) is 7.21. The second kappa shape index (κ2) is 8.94. The molecule has 1 aliphatic carbocycles. The largest absolute Gasteiger partial charge is 0.481 e. The molecule has 1 aliphatic rings. The van der Waals surface area contributed by atoms with E-state index in [9.17, 15) is 14.4 Å². The van der Waals surface area contributed by atoms with Crippen molar-refractivity contribution in [2.45, 2.75) is 45.4 Å². The molecule has 2 N–H and O–H groups in total. The number of unbranched alkanes of at least 4 members (excludes halogenated alkanes) is 2. The molecule has 0 aromatic carbocycles. The van der Waals surface area contributed by atoms with Crippen molar-refractivity contribution in [3.8, 4) is 0 Å². The highest BCUT2D eigenvalue weighted by molar-refractivity contribution is 5.95. The van der Waals surface area contributed by atoms with Gasteiger partial charge in [-0.05, 0) is 31.8 Å². The first kappa shape index (κ1) is 16.9. The van der Waals surface area contributed by atoms with E-state index in [1.807, 2.05) is 6.08 Å². The van der Waals surface area contributed by atoms with E-state index in [1.165, 1.54) is 6.92 Å². The Morgan fingerprint density at radius 2 is 2.05 bits per heavy atom. The molecular formula is C15H21NO5. The molecule has 0 heterocycles. The molecule has 0 aliphatic heterocycles. The van der Waals surface area contributed by atoms with Gasteiger partial charge in [-0.2, -0.15) is 0 Å². The quantitative estimate of drug-likeness (QED) is 0.527. The van der Waals surface area contributed by atoms with E-state index < -0.39 is 11.9 Å². The highest BCUT2D eigenvalue weighted by Crippen LogP contribution is 2.20. The molecule has 0 fully saturated rings. The zero-order valence-electron chi connectivity index (χ0n) is 12.2. The smallest absolute Gasteiger partial charge is 0.308 e. The molecule has 116 valence electrons. The van der Waals surface area contributed by atoms with Gasteiger partial charge in [-0.15, -0.1) is 0 Å². The topological polar surface area (TPSA) is 92.7 Å². The van der Waals surface area contributed by atoms with Gasteiger partial charge in [0.25, 0.3) is 5.91 Å². The van der Waals surface area contributed by atoms with Gasteiger partial charge in [0, 0.05) is 19.9 Å². The molecule has 0 bridgehead atoms. The van der Waals surface area contributed by atoms with Crippen LogP contribution in [0.4, 0.5) is 0 Å². The minimum Gasteiger partial charge on any atom is -0.481 e. The molecule has 1 rings (SSSR count). The van der Waals surface area contributed by atoms with Gasteiger partial charge in [-0.3, -0.25) is 14.4 Å². The number of hydrogen-bond acceptors (Lipinski definition) is 4. The van der Waals surface area contributed by atoms with Crippen LogP contribution in [0.5, 0.6) is 0 Å². The molecule has 21 heavy (non-hydrogen) atoms. The first-order valence-corrected chi connectivity index (χ1v) is 7.09. The fourth-order valence-corrected chi connectivity index (χ4v) is 2.00. The average Bonchev–Trinajstić information content (AvgIpc) is 2.42. The van der Waals surface area contributed by atoms with Crippen LogP contribution in [-0.4, -0.2) is 29.5 Å². The first-order chi connectivity index (χ1) is 10.0. The van der Waals surface area contributed by atoms with Crippen molar-refractivity contribution < 1.29 is 24.2 Å². The van der Waals surface area contributed by atoms with Gasteiger partial charge >= 0.3 is 11.9 Å². The third-order valence-electron chi connectivity index (χ3n) is 3.01. The summed E-state index contributed by atoms with van der Waals surface area (Å²) in [5, 5.41) is 11.3. The number of carbonyl (C=O) groups is 3. The Morgan fingerprint density at radius 3 is 2.71 bits per heavy atom. The predicted molar refractivity (Wildman–Crippen MR) is 76.3 cm³/mol. The molecule has 0 saturated carbocycles. The number of allylic oxidation sites excluding steroid dienone is 2. The van der Waals surface area contributed by atoms with Gasteiger partial charge in [-0.1, -0.05) is 12.5 Å².